The van der Waals surface area contributed by atoms with Gasteiger partial charge < -0.3 is 24.8 Å². The molecule has 0 aliphatic carbocycles. The predicted molar refractivity (Wildman–Crippen MR) is 187 cm³/mol. The monoisotopic (exact) mass is 750 g/mol. The zero-order valence-corrected chi connectivity index (χ0v) is 29.3. The highest BCUT2D eigenvalue weighted by molar-refractivity contribution is 5.99. The lowest BCUT2D eigenvalue weighted by atomic mass is 9.95. The molecule has 4 aromatic heterocycles. The lowest BCUT2D eigenvalue weighted by Crippen LogP contribution is -2.53. The fraction of sp³-hybridized carbons (Fsp3) is 0.417. The molecule has 3 fully saturated rings. The standard InChI is InChI=1S/C36H35F5N10O3/c1-35(40,41)33-45-25(54-48-33)7-8-26(52)50-15-19(16-50)14-49(2)32-22-13-43-31(30-27-20(11-24(42)44-30)5-3-6-23(27)38)28(39)29(22)46-34(47-32)53-18-36-9-4-10-51(36)17-21(37)12-36/h3,5-8,11,13,19,21H,4,9-10,12,14-18H2,1-2H3,(H2,42,44)/b8-7+/t21-,36?/m1/s1. The summed E-state index contributed by atoms with van der Waals surface area (Å²) in [6.45, 7) is 2.93. The van der Waals surface area contributed by atoms with E-state index in [0.717, 1.165) is 19.4 Å². The van der Waals surface area contributed by atoms with Crippen molar-refractivity contribution in [3.05, 3.63) is 59.9 Å². The molecular weight excluding hydrogens is 715 g/mol. The Morgan fingerprint density at radius 2 is 1.98 bits per heavy atom. The molecule has 1 aromatic carbocycles. The largest absolute Gasteiger partial charge is 0.461 e. The molecule has 8 rings (SSSR count). The normalized spacial score (nSPS) is 20.6. The number of ether oxygens (including phenoxy) is 1. The van der Waals surface area contributed by atoms with E-state index in [1.807, 2.05) is 0 Å². The molecule has 3 saturated heterocycles. The van der Waals surface area contributed by atoms with E-state index in [-0.39, 0.29) is 63.8 Å². The zero-order chi connectivity index (χ0) is 37.9. The SMILES string of the molecule is CN(CC1CN(C(=O)/C=C/c2nc(C(C)(F)F)no2)C1)c1nc(OCC23CCCN2C[C@H](F)C3)nc2c(F)c(-c3nc(N)cc4cccc(F)c34)ncc12. The highest BCUT2D eigenvalue weighted by atomic mass is 19.3. The Labute approximate surface area is 305 Å². The van der Waals surface area contributed by atoms with Gasteiger partial charge in [0, 0.05) is 76.2 Å². The molecular formula is C36H35F5N10O3. The van der Waals surface area contributed by atoms with Gasteiger partial charge in [-0.25, -0.2) is 18.2 Å². The highest BCUT2D eigenvalue weighted by Crippen LogP contribution is 2.41. The van der Waals surface area contributed by atoms with Crippen LogP contribution in [-0.4, -0.2) is 104 Å². The van der Waals surface area contributed by atoms with Gasteiger partial charge in [0.15, 0.2) is 5.82 Å². The van der Waals surface area contributed by atoms with Crippen molar-refractivity contribution in [1.82, 2.24) is 39.9 Å². The molecule has 0 spiro atoms. The Hall–Kier alpha value is -5.52. The molecule has 2 N–H and O–H groups in total. The van der Waals surface area contributed by atoms with Gasteiger partial charge in [0.25, 0.3) is 5.89 Å². The third-order valence-corrected chi connectivity index (χ3v) is 10.3. The Kier molecular flexibility index (Phi) is 8.81. The molecule has 7 heterocycles. The number of anilines is 2. The van der Waals surface area contributed by atoms with Crippen LogP contribution in [0.15, 0.2) is 41.1 Å². The molecule has 0 radical (unpaired) electrons. The average Bonchev–Trinajstić information content (AvgIpc) is 3.82. The van der Waals surface area contributed by atoms with E-state index in [2.05, 4.69) is 35.0 Å². The van der Waals surface area contributed by atoms with Crippen molar-refractivity contribution < 1.29 is 36.0 Å². The molecule has 13 nitrogen and oxygen atoms in total. The fourth-order valence-corrected chi connectivity index (χ4v) is 7.72. The molecule has 5 aromatic rings. The van der Waals surface area contributed by atoms with E-state index < -0.39 is 35.1 Å². The van der Waals surface area contributed by atoms with Crippen LogP contribution >= 0.6 is 0 Å². The first-order chi connectivity index (χ1) is 25.8. The number of rotatable bonds is 10. The second-order valence-electron chi connectivity index (χ2n) is 14.3. The number of hydrogen-bond donors (Lipinski definition) is 1. The van der Waals surface area contributed by atoms with Gasteiger partial charge in [0.05, 0.1) is 10.9 Å². The molecule has 54 heavy (non-hydrogen) atoms. The second kappa shape index (κ2) is 13.4. The quantitative estimate of drug-likeness (QED) is 0.148. The van der Waals surface area contributed by atoms with E-state index in [4.69, 9.17) is 15.0 Å². The number of hydrogen-bond acceptors (Lipinski definition) is 12. The summed E-state index contributed by atoms with van der Waals surface area (Å²) in [5.74, 6) is -5.85. The average molecular weight is 751 g/mol. The van der Waals surface area contributed by atoms with Crippen molar-refractivity contribution in [3.63, 3.8) is 0 Å². The number of carbonyl (C=O) groups is 1. The summed E-state index contributed by atoms with van der Waals surface area (Å²) in [5.41, 5.74) is 5.03. The molecule has 3 aliphatic heterocycles. The van der Waals surface area contributed by atoms with Crippen LogP contribution in [0.1, 0.15) is 37.9 Å². The van der Waals surface area contributed by atoms with Crippen molar-refractivity contribution in [3.8, 4) is 17.4 Å². The summed E-state index contributed by atoms with van der Waals surface area (Å²) in [4.78, 5) is 39.5. The van der Waals surface area contributed by atoms with E-state index in [0.29, 0.717) is 50.7 Å². The smallest absolute Gasteiger partial charge is 0.319 e. The van der Waals surface area contributed by atoms with Gasteiger partial charge >= 0.3 is 11.9 Å². The first kappa shape index (κ1) is 35.5. The van der Waals surface area contributed by atoms with Gasteiger partial charge in [0.1, 0.15) is 47.1 Å². The minimum absolute atomic E-state index is 0.0238. The molecule has 0 bridgehead atoms. The maximum atomic E-state index is 16.7. The van der Waals surface area contributed by atoms with Crippen LogP contribution in [-0.2, 0) is 10.7 Å². The molecule has 18 heteroatoms. The lowest BCUT2D eigenvalue weighted by molar-refractivity contribution is -0.131. The molecule has 3 aliphatic rings. The van der Waals surface area contributed by atoms with Crippen molar-refractivity contribution >= 4 is 45.3 Å². The number of fused-ring (bicyclic) bond motifs is 3. The predicted octanol–water partition coefficient (Wildman–Crippen LogP) is 5.16. The summed E-state index contributed by atoms with van der Waals surface area (Å²) in [6, 6.07) is 5.76. The fourth-order valence-electron chi connectivity index (χ4n) is 7.72. The zero-order valence-electron chi connectivity index (χ0n) is 29.3. The number of amides is 1. The number of nitrogens with two attached hydrogens (primary N) is 1. The summed E-state index contributed by atoms with van der Waals surface area (Å²) in [5, 5.41) is 3.95. The van der Waals surface area contributed by atoms with E-state index in [9.17, 15) is 18.0 Å². The highest BCUT2D eigenvalue weighted by Gasteiger charge is 2.49. The minimum Gasteiger partial charge on any atom is -0.461 e. The Balaban J connectivity index is 1.07. The number of benzene rings is 1. The van der Waals surface area contributed by atoms with Crippen LogP contribution in [0.25, 0.3) is 39.1 Å². The molecule has 282 valence electrons. The van der Waals surface area contributed by atoms with Crippen molar-refractivity contribution in [2.45, 2.75) is 43.8 Å². The number of pyridine rings is 2. The molecule has 1 amide bonds. The molecule has 0 saturated carbocycles. The third-order valence-electron chi connectivity index (χ3n) is 10.3. The van der Waals surface area contributed by atoms with E-state index in [1.165, 1.54) is 36.5 Å². The van der Waals surface area contributed by atoms with Crippen LogP contribution in [0.2, 0.25) is 0 Å². The number of carbonyl (C=O) groups excluding carboxylic acids is 1. The first-order valence-corrected chi connectivity index (χ1v) is 17.4. The molecule has 2 atom stereocenters. The third kappa shape index (κ3) is 6.51. The minimum atomic E-state index is -3.28. The Morgan fingerprint density at radius 3 is 2.76 bits per heavy atom. The van der Waals surface area contributed by atoms with Crippen molar-refractivity contribution in [2.24, 2.45) is 5.92 Å². The molecule has 1 unspecified atom stereocenters. The summed E-state index contributed by atoms with van der Waals surface area (Å²) in [7, 11) is 1.75. The first-order valence-electron chi connectivity index (χ1n) is 17.4. The van der Waals surface area contributed by atoms with Gasteiger partial charge in [-0.3, -0.25) is 14.7 Å². The number of alkyl halides is 3. The van der Waals surface area contributed by atoms with E-state index in [1.54, 1.807) is 22.9 Å². The topological polar surface area (TPSA) is 153 Å². The van der Waals surface area contributed by atoms with Crippen molar-refractivity contribution in [2.75, 3.05) is 57.0 Å². The van der Waals surface area contributed by atoms with Gasteiger partial charge in [0.2, 0.25) is 11.7 Å². The maximum absolute atomic E-state index is 16.7. The maximum Gasteiger partial charge on any atom is 0.319 e. The Bertz CT molecular complexity index is 2300. The van der Waals surface area contributed by atoms with Crippen LogP contribution in [0.3, 0.4) is 0 Å². The number of nitrogens with zero attached hydrogens (tertiary/aromatic N) is 9. The summed E-state index contributed by atoms with van der Waals surface area (Å²) >= 11 is 0. The van der Waals surface area contributed by atoms with Crippen LogP contribution in [0, 0.1) is 17.6 Å². The van der Waals surface area contributed by atoms with Crippen molar-refractivity contribution in [1.29, 1.82) is 0 Å². The van der Waals surface area contributed by atoms with Gasteiger partial charge in [-0.15, -0.1) is 0 Å². The summed E-state index contributed by atoms with van der Waals surface area (Å²) in [6.07, 6.45) is 4.71. The second-order valence-corrected chi connectivity index (χ2v) is 14.3. The number of nitrogen functional groups attached to an aromatic ring is 1. The lowest BCUT2D eigenvalue weighted by Gasteiger charge is -2.40. The van der Waals surface area contributed by atoms with E-state index >= 15 is 8.78 Å². The van der Waals surface area contributed by atoms with Gasteiger partial charge in [-0.1, -0.05) is 17.3 Å². The number of halogens is 5. The van der Waals surface area contributed by atoms with Gasteiger partial charge in [-0.2, -0.15) is 23.7 Å². The number of aromatic nitrogens is 6. The van der Waals surface area contributed by atoms with Crippen LogP contribution in [0.5, 0.6) is 6.01 Å². The van der Waals surface area contributed by atoms with Gasteiger partial charge in [-0.05, 0) is 36.9 Å². The van der Waals surface area contributed by atoms with Crippen LogP contribution < -0.4 is 15.4 Å². The number of likely N-dealkylation sites (tertiary alicyclic amines) is 1. The summed E-state index contributed by atoms with van der Waals surface area (Å²) < 4.78 is 84.2. The Morgan fingerprint density at radius 1 is 1.17 bits per heavy atom. The van der Waals surface area contributed by atoms with Crippen LogP contribution in [0.4, 0.5) is 33.6 Å².